The van der Waals surface area contributed by atoms with Crippen molar-refractivity contribution in [3.8, 4) is 0 Å². The van der Waals surface area contributed by atoms with Crippen LogP contribution in [-0.2, 0) is 19.1 Å². The molecule has 9 heteroatoms. The van der Waals surface area contributed by atoms with E-state index in [1.165, 1.54) is 12.8 Å². The molecule has 4 heterocycles. The highest BCUT2D eigenvalue weighted by Crippen LogP contribution is 2.55. The lowest BCUT2D eigenvalue weighted by Crippen LogP contribution is -2.57. The highest BCUT2D eigenvalue weighted by Gasteiger charge is 2.72. The third-order valence-corrected chi connectivity index (χ3v) is 9.62. The number of carbonyl (C=O) groups excluding carboxylic acids is 3. The van der Waals surface area contributed by atoms with Gasteiger partial charge in [0.05, 0.1) is 17.9 Å². The van der Waals surface area contributed by atoms with Gasteiger partial charge in [-0.15, -0.1) is 0 Å². The second-order valence-electron chi connectivity index (χ2n) is 11.5. The summed E-state index contributed by atoms with van der Waals surface area (Å²) in [5, 5.41) is 6.24. The second-order valence-corrected chi connectivity index (χ2v) is 12.4. The van der Waals surface area contributed by atoms with Crippen LogP contribution in [-0.4, -0.2) is 77.5 Å². The predicted octanol–water partition coefficient (Wildman–Crippen LogP) is 3.47. The maximum absolute atomic E-state index is 14.1. The molecule has 204 valence electrons. The number of halogens is 1. The first-order valence-electron chi connectivity index (χ1n) is 14.2. The van der Waals surface area contributed by atoms with E-state index in [4.69, 9.17) is 4.74 Å². The van der Waals surface area contributed by atoms with Crippen LogP contribution in [0, 0.1) is 11.8 Å². The molecule has 4 fully saturated rings. The molecule has 38 heavy (non-hydrogen) atoms. The normalized spacial score (nSPS) is 33.0. The first kappa shape index (κ1) is 26.0. The molecule has 3 saturated heterocycles. The fraction of sp³-hybridized carbons (Fsp3) is 0.621. The maximum Gasteiger partial charge on any atom is 0.246 e. The van der Waals surface area contributed by atoms with Crippen molar-refractivity contribution in [3.05, 3.63) is 40.9 Å². The molecule has 4 aliphatic heterocycles. The van der Waals surface area contributed by atoms with Gasteiger partial charge < -0.3 is 25.2 Å². The molecule has 1 aliphatic carbocycles. The molecule has 0 unspecified atom stereocenters. The number of ether oxygens (including phenoxy) is 1. The summed E-state index contributed by atoms with van der Waals surface area (Å²) < 4.78 is 7.39. The number of fused-ring (bicyclic) bond motifs is 1. The first-order valence-corrected chi connectivity index (χ1v) is 15.0. The van der Waals surface area contributed by atoms with Crippen LogP contribution in [0.2, 0.25) is 0 Å². The molecule has 0 aromatic heterocycles. The van der Waals surface area contributed by atoms with Gasteiger partial charge in [0.1, 0.15) is 11.6 Å². The van der Waals surface area contributed by atoms with Crippen LogP contribution >= 0.6 is 15.9 Å². The number of carbonyl (C=O) groups is 3. The van der Waals surface area contributed by atoms with E-state index >= 15 is 0 Å². The average Bonchev–Trinajstić information content (AvgIpc) is 3.57. The first-order chi connectivity index (χ1) is 18.5. The van der Waals surface area contributed by atoms with Crippen molar-refractivity contribution in [1.82, 2.24) is 15.1 Å². The second kappa shape index (κ2) is 10.7. The molecular formula is C29H37BrN4O4. The fourth-order valence-corrected chi connectivity index (χ4v) is 7.49. The fourth-order valence-electron chi connectivity index (χ4n) is 7.23. The number of nitrogens with zero attached hydrogens (tertiary/aromatic N) is 2. The van der Waals surface area contributed by atoms with Gasteiger partial charge in [0.2, 0.25) is 17.7 Å². The number of rotatable bonds is 7. The number of nitrogens with one attached hydrogen (secondary N) is 2. The topological polar surface area (TPSA) is 91.0 Å². The Balaban J connectivity index is 1.26. The summed E-state index contributed by atoms with van der Waals surface area (Å²) in [6.45, 7) is 3.23. The van der Waals surface area contributed by atoms with Crippen molar-refractivity contribution >= 4 is 39.3 Å². The molecule has 2 N–H and O–H groups in total. The Bertz CT molecular complexity index is 1100. The molecule has 1 aromatic carbocycles. The van der Waals surface area contributed by atoms with Gasteiger partial charge in [0, 0.05) is 29.3 Å². The van der Waals surface area contributed by atoms with Gasteiger partial charge in [-0.25, -0.2) is 0 Å². The minimum atomic E-state index is -1.11. The summed E-state index contributed by atoms with van der Waals surface area (Å²) in [5.41, 5.74) is -0.442. The Morgan fingerprint density at radius 2 is 1.68 bits per heavy atom. The SMILES string of the molecule is O=C(Nc1ccc(Br)cc1)[C@H]1[C@@H]2C=C[C@]3(O2)[C@@H]1C(=O)N(CCN1CCCCC1)[C@@H]3C(=O)NC1CCCCC1. The summed E-state index contributed by atoms with van der Waals surface area (Å²) in [4.78, 5) is 45.7. The van der Waals surface area contributed by atoms with Crippen molar-refractivity contribution in [1.29, 1.82) is 0 Å². The van der Waals surface area contributed by atoms with Gasteiger partial charge in [-0.3, -0.25) is 14.4 Å². The predicted molar refractivity (Wildman–Crippen MR) is 147 cm³/mol. The largest absolute Gasteiger partial charge is 0.359 e. The Morgan fingerprint density at radius 3 is 2.42 bits per heavy atom. The van der Waals surface area contributed by atoms with E-state index in [-0.39, 0.29) is 23.8 Å². The molecule has 5 aliphatic rings. The summed E-state index contributed by atoms with van der Waals surface area (Å²) in [6, 6.07) is 6.74. The number of amides is 3. The van der Waals surface area contributed by atoms with E-state index in [1.807, 2.05) is 36.4 Å². The van der Waals surface area contributed by atoms with E-state index < -0.39 is 29.6 Å². The van der Waals surface area contributed by atoms with Crippen molar-refractivity contribution in [2.24, 2.45) is 11.8 Å². The van der Waals surface area contributed by atoms with Crippen LogP contribution in [0.3, 0.4) is 0 Å². The highest BCUT2D eigenvalue weighted by molar-refractivity contribution is 9.10. The lowest BCUT2D eigenvalue weighted by atomic mass is 9.74. The number of hydrogen-bond acceptors (Lipinski definition) is 5. The van der Waals surface area contributed by atoms with Gasteiger partial charge in [0.15, 0.2) is 0 Å². The van der Waals surface area contributed by atoms with Gasteiger partial charge in [-0.05, 0) is 63.0 Å². The lowest BCUT2D eigenvalue weighted by Gasteiger charge is -2.35. The van der Waals surface area contributed by atoms with Crippen LogP contribution < -0.4 is 10.6 Å². The molecule has 2 bridgehead atoms. The molecule has 1 spiro atoms. The summed E-state index contributed by atoms with van der Waals surface area (Å²) in [7, 11) is 0. The van der Waals surface area contributed by atoms with Crippen molar-refractivity contribution < 1.29 is 19.1 Å². The maximum atomic E-state index is 14.1. The van der Waals surface area contributed by atoms with Gasteiger partial charge in [-0.1, -0.05) is 53.8 Å². The zero-order valence-corrected chi connectivity index (χ0v) is 23.3. The molecule has 1 aromatic rings. The Morgan fingerprint density at radius 1 is 0.974 bits per heavy atom. The molecule has 3 amide bonds. The minimum Gasteiger partial charge on any atom is -0.359 e. The van der Waals surface area contributed by atoms with E-state index in [1.54, 1.807) is 4.90 Å². The average molecular weight is 586 g/mol. The van der Waals surface area contributed by atoms with Crippen LogP contribution in [0.5, 0.6) is 0 Å². The Labute approximate surface area is 232 Å². The molecule has 0 radical (unpaired) electrons. The summed E-state index contributed by atoms with van der Waals surface area (Å²) >= 11 is 3.42. The van der Waals surface area contributed by atoms with Crippen LogP contribution in [0.15, 0.2) is 40.9 Å². The molecule has 1 saturated carbocycles. The minimum absolute atomic E-state index is 0.129. The number of benzene rings is 1. The van der Waals surface area contributed by atoms with Crippen molar-refractivity contribution in [3.63, 3.8) is 0 Å². The van der Waals surface area contributed by atoms with E-state index in [0.29, 0.717) is 12.2 Å². The number of anilines is 1. The monoisotopic (exact) mass is 584 g/mol. The molecular weight excluding hydrogens is 548 g/mol. The Kier molecular flexibility index (Phi) is 7.35. The zero-order valence-electron chi connectivity index (χ0n) is 21.7. The van der Waals surface area contributed by atoms with Crippen LogP contribution in [0.25, 0.3) is 0 Å². The molecule has 5 atom stereocenters. The van der Waals surface area contributed by atoms with Crippen LogP contribution in [0.4, 0.5) is 5.69 Å². The summed E-state index contributed by atoms with van der Waals surface area (Å²) in [6.07, 6.45) is 12.2. The van der Waals surface area contributed by atoms with Crippen LogP contribution in [0.1, 0.15) is 51.4 Å². The third kappa shape index (κ3) is 4.71. The lowest BCUT2D eigenvalue weighted by molar-refractivity contribution is -0.141. The Hall–Kier alpha value is -2.23. The zero-order chi connectivity index (χ0) is 26.3. The number of hydrogen-bond donors (Lipinski definition) is 2. The standard InChI is InChI=1S/C29H37BrN4O4/c30-19-9-11-21(12-10-19)31-26(35)23-22-13-14-29(38-22)24(23)28(37)34(18-17-33-15-5-2-6-16-33)25(29)27(36)32-20-7-3-1-4-8-20/h9-14,20,22-25H,1-8,15-18H2,(H,31,35)(H,32,36)/t22-,23-,24-,25+,29-/m0/s1. The van der Waals surface area contributed by atoms with Crippen molar-refractivity contribution in [2.45, 2.75) is 75.2 Å². The van der Waals surface area contributed by atoms with Crippen molar-refractivity contribution in [2.75, 3.05) is 31.5 Å². The smallest absolute Gasteiger partial charge is 0.246 e. The number of piperidine rings is 1. The van der Waals surface area contributed by atoms with E-state index in [0.717, 1.165) is 62.6 Å². The third-order valence-electron chi connectivity index (χ3n) is 9.09. The highest BCUT2D eigenvalue weighted by atomic mass is 79.9. The van der Waals surface area contributed by atoms with E-state index in [2.05, 4.69) is 31.5 Å². The van der Waals surface area contributed by atoms with Gasteiger partial charge >= 0.3 is 0 Å². The quantitative estimate of drug-likeness (QED) is 0.479. The number of likely N-dealkylation sites (tertiary alicyclic amines) is 2. The molecule has 8 nitrogen and oxygen atoms in total. The van der Waals surface area contributed by atoms with Gasteiger partial charge in [-0.2, -0.15) is 0 Å². The molecule has 6 rings (SSSR count). The summed E-state index contributed by atoms with van der Waals surface area (Å²) in [5.74, 6) is -1.93. The van der Waals surface area contributed by atoms with E-state index in [9.17, 15) is 14.4 Å². The van der Waals surface area contributed by atoms with Gasteiger partial charge in [0.25, 0.3) is 0 Å².